The van der Waals surface area contributed by atoms with E-state index in [1.54, 1.807) is 6.26 Å². The van der Waals surface area contributed by atoms with Gasteiger partial charge in [0.1, 0.15) is 5.76 Å². The maximum Gasteiger partial charge on any atom is 0.234 e. The molecule has 0 aromatic carbocycles. The van der Waals surface area contributed by atoms with E-state index < -0.39 is 0 Å². The van der Waals surface area contributed by atoms with Crippen LogP contribution >= 0.6 is 0 Å². The largest absolute Gasteiger partial charge is 0.467 e. The maximum absolute atomic E-state index is 11.9. The molecule has 1 fully saturated rings. The minimum atomic E-state index is 0.0816. The van der Waals surface area contributed by atoms with E-state index in [4.69, 9.17) is 4.42 Å². The Balaban J connectivity index is 1.60. The predicted molar refractivity (Wildman–Crippen MR) is 82.9 cm³/mol. The molecule has 1 N–H and O–H groups in total. The van der Waals surface area contributed by atoms with Crippen molar-refractivity contribution in [2.24, 2.45) is 5.92 Å². The van der Waals surface area contributed by atoms with Crippen LogP contribution in [0.25, 0.3) is 0 Å². The van der Waals surface area contributed by atoms with Crippen LogP contribution in [0, 0.1) is 5.92 Å². The van der Waals surface area contributed by atoms with Gasteiger partial charge in [-0.15, -0.1) is 0 Å². The van der Waals surface area contributed by atoms with E-state index in [-0.39, 0.29) is 5.91 Å². The molecule has 1 aromatic heterocycles. The smallest absolute Gasteiger partial charge is 0.234 e. The molecule has 0 bridgehead atoms. The Hall–Kier alpha value is -1.33. The van der Waals surface area contributed by atoms with Crippen LogP contribution in [0.2, 0.25) is 0 Å². The topological polar surface area (TPSA) is 48.7 Å². The lowest BCUT2D eigenvalue weighted by molar-refractivity contribution is -0.122. The van der Waals surface area contributed by atoms with Gasteiger partial charge in [0.05, 0.1) is 19.4 Å². The van der Waals surface area contributed by atoms with Crippen LogP contribution < -0.4 is 5.32 Å². The predicted octanol–water partition coefficient (Wildman–Crippen LogP) is 1.56. The number of carbonyl (C=O) groups excluding carboxylic acids is 1. The highest BCUT2D eigenvalue weighted by molar-refractivity contribution is 5.77. The summed E-state index contributed by atoms with van der Waals surface area (Å²) in [5.41, 5.74) is 0. The van der Waals surface area contributed by atoms with Crippen LogP contribution in [-0.2, 0) is 11.3 Å². The molecule has 2 heterocycles. The van der Waals surface area contributed by atoms with Crippen molar-refractivity contribution in [3.63, 3.8) is 0 Å². The SMILES string of the molecule is CN(C)CCC1CCN(CC(=O)NCc2ccco2)CC1. The molecule has 21 heavy (non-hydrogen) atoms. The number of likely N-dealkylation sites (tertiary alicyclic amines) is 1. The summed E-state index contributed by atoms with van der Waals surface area (Å²) in [6.45, 7) is 4.21. The van der Waals surface area contributed by atoms with Crippen LogP contribution in [-0.4, -0.2) is 56.0 Å². The van der Waals surface area contributed by atoms with E-state index in [1.807, 2.05) is 12.1 Å². The molecule has 0 spiro atoms. The van der Waals surface area contributed by atoms with Crippen molar-refractivity contribution in [1.82, 2.24) is 15.1 Å². The average Bonchev–Trinajstić information content (AvgIpc) is 2.98. The van der Waals surface area contributed by atoms with Gasteiger partial charge in [0, 0.05) is 0 Å². The summed E-state index contributed by atoms with van der Waals surface area (Å²) in [6, 6.07) is 3.70. The number of furan rings is 1. The van der Waals surface area contributed by atoms with Crippen molar-refractivity contribution in [2.45, 2.75) is 25.8 Å². The van der Waals surface area contributed by atoms with Crippen molar-refractivity contribution in [3.8, 4) is 0 Å². The number of carbonyl (C=O) groups is 1. The van der Waals surface area contributed by atoms with Crippen molar-refractivity contribution in [1.29, 1.82) is 0 Å². The Kier molecular flexibility index (Phi) is 6.26. The summed E-state index contributed by atoms with van der Waals surface area (Å²) in [4.78, 5) is 16.4. The van der Waals surface area contributed by atoms with Crippen molar-refractivity contribution in [2.75, 3.05) is 40.3 Å². The molecule has 2 rings (SSSR count). The summed E-state index contributed by atoms with van der Waals surface area (Å²) >= 11 is 0. The lowest BCUT2D eigenvalue weighted by atomic mass is 9.93. The quantitative estimate of drug-likeness (QED) is 0.829. The molecule has 5 heteroatoms. The summed E-state index contributed by atoms with van der Waals surface area (Å²) < 4.78 is 5.20. The molecule has 1 saturated heterocycles. The Labute approximate surface area is 127 Å². The van der Waals surface area contributed by atoms with Crippen molar-refractivity contribution >= 4 is 5.91 Å². The van der Waals surface area contributed by atoms with E-state index >= 15 is 0 Å². The molecule has 1 aromatic rings. The highest BCUT2D eigenvalue weighted by Crippen LogP contribution is 2.20. The molecule has 1 aliphatic rings. The first-order valence-electron chi connectivity index (χ1n) is 7.79. The summed E-state index contributed by atoms with van der Waals surface area (Å²) in [6.07, 6.45) is 5.31. The Morgan fingerprint density at radius 2 is 2.19 bits per heavy atom. The van der Waals surface area contributed by atoms with Crippen molar-refractivity contribution < 1.29 is 9.21 Å². The van der Waals surface area contributed by atoms with E-state index in [2.05, 4.69) is 29.2 Å². The molecule has 0 saturated carbocycles. The van der Waals surface area contributed by atoms with Crippen LogP contribution in [0.1, 0.15) is 25.0 Å². The molecule has 0 aliphatic carbocycles. The number of rotatable bonds is 7. The van der Waals surface area contributed by atoms with Crippen LogP contribution in [0.4, 0.5) is 0 Å². The van der Waals surface area contributed by atoms with Crippen LogP contribution in [0.15, 0.2) is 22.8 Å². The monoisotopic (exact) mass is 293 g/mol. The minimum Gasteiger partial charge on any atom is -0.467 e. The van der Waals surface area contributed by atoms with Gasteiger partial charge in [-0.25, -0.2) is 0 Å². The summed E-state index contributed by atoms with van der Waals surface area (Å²) in [5.74, 6) is 1.69. The third-order valence-corrected chi connectivity index (χ3v) is 4.10. The fraction of sp³-hybridized carbons (Fsp3) is 0.688. The first-order valence-corrected chi connectivity index (χ1v) is 7.79. The zero-order valence-corrected chi connectivity index (χ0v) is 13.2. The van der Waals surface area contributed by atoms with Gasteiger partial charge < -0.3 is 14.6 Å². The minimum absolute atomic E-state index is 0.0816. The number of hydrogen-bond donors (Lipinski definition) is 1. The van der Waals surface area contributed by atoms with E-state index in [1.165, 1.54) is 19.3 Å². The van der Waals surface area contributed by atoms with Crippen LogP contribution in [0.5, 0.6) is 0 Å². The lowest BCUT2D eigenvalue weighted by Gasteiger charge is -2.31. The van der Waals surface area contributed by atoms with Gasteiger partial charge in [0.2, 0.25) is 5.91 Å². The molecule has 1 amide bonds. The molecule has 0 radical (unpaired) electrons. The summed E-state index contributed by atoms with van der Waals surface area (Å²) in [5, 5.41) is 2.90. The highest BCUT2D eigenvalue weighted by Gasteiger charge is 2.20. The zero-order chi connectivity index (χ0) is 15.1. The normalized spacial score (nSPS) is 17.3. The van der Waals surface area contributed by atoms with Gasteiger partial charge >= 0.3 is 0 Å². The third kappa shape index (κ3) is 5.89. The Morgan fingerprint density at radius 1 is 1.43 bits per heavy atom. The molecular weight excluding hydrogens is 266 g/mol. The molecule has 118 valence electrons. The maximum atomic E-state index is 11.9. The number of nitrogens with zero attached hydrogens (tertiary/aromatic N) is 2. The molecule has 0 unspecified atom stereocenters. The summed E-state index contributed by atoms with van der Waals surface area (Å²) in [7, 11) is 4.25. The van der Waals surface area contributed by atoms with Gasteiger partial charge in [-0.1, -0.05) is 0 Å². The number of piperidine rings is 1. The molecule has 0 atom stereocenters. The van der Waals surface area contributed by atoms with E-state index in [0.29, 0.717) is 13.1 Å². The van der Waals surface area contributed by atoms with Gasteiger partial charge in [-0.2, -0.15) is 0 Å². The average molecular weight is 293 g/mol. The molecule has 1 aliphatic heterocycles. The highest BCUT2D eigenvalue weighted by atomic mass is 16.3. The van der Waals surface area contributed by atoms with Crippen LogP contribution in [0.3, 0.4) is 0 Å². The molecule has 5 nitrogen and oxygen atoms in total. The van der Waals surface area contributed by atoms with E-state index in [9.17, 15) is 4.79 Å². The fourth-order valence-electron chi connectivity index (χ4n) is 2.73. The fourth-order valence-corrected chi connectivity index (χ4v) is 2.73. The standard InChI is InChI=1S/C16H27N3O2/c1-18(2)8-5-14-6-9-19(10-7-14)13-16(20)17-12-15-4-3-11-21-15/h3-4,11,14H,5-10,12-13H2,1-2H3,(H,17,20). The molecular formula is C16H27N3O2. The Morgan fingerprint density at radius 3 is 2.81 bits per heavy atom. The second kappa shape index (κ2) is 8.20. The van der Waals surface area contributed by atoms with Gasteiger partial charge in [-0.3, -0.25) is 9.69 Å². The van der Waals surface area contributed by atoms with E-state index in [0.717, 1.165) is 31.3 Å². The van der Waals surface area contributed by atoms with Crippen molar-refractivity contribution in [3.05, 3.63) is 24.2 Å². The number of amides is 1. The first-order chi connectivity index (χ1) is 10.1. The first kappa shape index (κ1) is 16.0. The van der Waals surface area contributed by atoms with Gasteiger partial charge in [0.15, 0.2) is 0 Å². The van der Waals surface area contributed by atoms with Gasteiger partial charge in [0.25, 0.3) is 0 Å². The second-order valence-electron chi connectivity index (χ2n) is 6.17. The van der Waals surface area contributed by atoms with Gasteiger partial charge in [-0.05, 0) is 71.0 Å². The number of hydrogen-bond acceptors (Lipinski definition) is 4. The second-order valence-corrected chi connectivity index (χ2v) is 6.17. The Bertz CT molecular complexity index is 409. The zero-order valence-electron chi connectivity index (χ0n) is 13.2. The lowest BCUT2D eigenvalue weighted by Crippen LogP contribution is -2.41. The third-order valence-electron chi connectivity index (χ3n) is 4.10. The number of nitrogens with one attached hydrogen (secondary N) is 1.